The Morgan fingerprint density at radius 1 is 1.33 bits per heavy atom. The first-order valence-corrected chi connectivity index (χ1v) is 10.4. The third-order valence-corrected chi connectivity index (χ3v) is 7.62. The molecule has 0 radical (unpaired) electrons. The van der Waals surface area contributed by atoms with Crippen LogP contribution in [0.3, 0.4) is 0 Å². The van der Waals surface area contributed by atoms with E-state index in [-0.39, 0.29) is 12.4 Å². The molecule has 1 heterocycles. The highest BCUT2D eigenvalue weighted by atomic mass is 32.1. The molecule has 0 saturated heterocycles. The van der Waals surface area contributed by atoms with Gasteiger partial charge in [-0.15, -0.1) is 11.3 Å². The number of likely N-dealkylation sites (N-methyl/N-ethyl adjacent to an activating group) is 1. The van der Waals surface area contributed by atoms with E-state index in [4.69, 9.17) is 5.11 Å². The number of aliphatic hydroxyl groups is 1. The summed E-state index contributed by atoms with van der Waals surface area (Å²) in [6, 6.07) is 8.05. The van der Waals surface area contributed by atoms with Gasteiger partial charge in [0.2, 0.25) is 0 Å². The molecule has 4 heteroatoms. The predicted octanol–water partition coefficient (Wildman–Crippen LogP) is 4.68. The van der Waals surface area contributed by atoms with E-state index in [1.54, 1.807) is 17.4 Å². The second-order valence-corrected chi connectivity index (χ2v) is 9.65. The summed E-state index contributed by atoms with van der Waals surface area (Å²) in [5, 5.41) is 9.03. The van der Waals surface area contributed by atoms with Crippen LogP contribution < -0.4 is 4.90 Å². The largest absolute Gasteiger partial charge is 0.395 e. The lowest BCUT2D eigenvalue weighted by atomic mass is 9.94. The first kappa shape index (κ1) is 18.5. The predicted molar refractivity (Wildman–Crippen MR) is 113 cm³/mol. The summed E-state index contributed by atoms with van der Waals surface area (Å²) in [6.07, 6.45) is 4.68. The molecule has 3 nitrogen and oxygen atoms in total. The second kappa shape index (κ2) is 6.61. The maximum atomic E-state index is 12.8. The van der Waals surface area contributed by atoms with Crippen molar-refractivity contribution in [1.29, 1.82) is 0 Å². The molecule has 1 aromatic heterocycles. The number of fused-ring (bicyclic) bond motifs is 3. The van der Waals surface area contributed by atoms with Crippen molar-refractivity contribution < 1.29 is 9.90 Å². The molecule has 0 aliphatic heterocycles. The Morgan fingerprint density at radius 2 is 2.04 bits per heavy atom. The molecule has 1 saturated carbocycles. The van der Waals surface area contributed by atoms with Gasteiger partial charge in [-0.1, -0.05) is 32.1 Å². The fourth-order valence-electron chi connectivity index (χ4n) is 4.70. The minimum absolute atomic E-state index is 0.130. The smallest absolute Gasteiger partial charge is 0.196 e. The molecule has 142 valence electrons. The van der Waals surface area contributed by atoms with Crippen LogP contribution in [0.2, 0.25) is 0 Å². The number of nitrogens with zero attached hydrogens (tertiary/aromatic N) is 1. The zero-order valence-electron chi connectivity index (χ0n) is 16.5. The topological polar surface area (TPSA) is 40.5 Å². The number of aryl methyl sites for hydroxylation is 1. The first-order valence-electron chi connectivity index (χ1n) is 9.61. The van der Waals surface area contributed by atoms with Crippen molar-refractivity contribution in [2.75, 3.05) is 25.1 Å². The van der Waals surface area contributed by atoms with E-state index in [0.29, 0.717) is 17.9 Å². The van der Waals surface area contributed by atoms with E-state index in [1.165, 1.54) is 16.0 Å². The zero-order chi connectivity index (χ0) is 19.3. The monoisotopic (exact) mass is 381 g/mol. The van der Waals surface area contributed by atoms with E-state index in [9.17, 15) is 4.79 Å². The average molecular weight is 382 g/mol. The minimum atomic E-state index is 0.130. The number of carbonyl (C=O) groups is 1. The number of ketones is 1. The standard InChI is InChI=1S/C23H27NO2S/c1-14-20-17(13-18-21(20)23(18,2)3)22(27-14)19(26)10-7-15-5-8-16(9-6-15)24(4)11-12-25/h5-10,18,21,25H,11-13H2,1-4H3/b10-7+/t18-,21-/m1/s1. The third kappa shape index (κ3) is 3.05. The van der Waals surface area contributed by atoms with Crippen LogP contribution in [0.25, 0.3) is 6.08 Å². The summed E-state index contributed by atoms with van der Waals surface area (Å²) in [7, 11) is 1.95. The maximum absolute atomic E-state index is 12.8. The van der Waals surface area contributed by atoms with Gasteiger partial charge < -0.3 is 10.0 Å². The fraction of sp³-hybridized carbons (Fsp3) is 0.435. The Balaban J connectivity index is 1.49. The number of carbonyl (C=O) groups excluding carboxylic acids is 1. The SMILES string of the molecule is Cc1sc(C(=O)/C=C/c2ccc(N(C)CCO)cc2)c2c1[C@H]1[C@@H](C2)C1(C)C. The lowest BCUT2D eigenvalue weighted by molar-refractivity contribution is 0.105. The number of aliphatic hydroxyl groups excluding tert-OH is 1. The Bertz CT molecular complexity index is 907. The Hall–Kier alpha value is -1.91. The molecule has 2 aliphatic rings. The van der Waals surface area contributed by atoms with E-state index in [0.717, 1.165) is 28.5 Å². The van der Waals surface area contributed by atoms with E-state index < -0.39 is 0 Å². The van der Waals surface area contributed by atoms with Crippen LogP contribution in [0.15, 0.2) is 30.3 Å². The molecule has 2 atom stereocenters. The van der Waals surface area contributed by atoms with E-state index in [2.05, 4.69) is 20.8 Å². The number of anilines is 1. The number of allylic oxidation sites excluding steroid dienone is 1. The molecule has 4 rings (SSSR count). The molecule has 0 bridgehead atoms. The first-order chi connectivity index (χ1) is 12.8. The highest BCUT2D eigenvalue weighted by Gasteiger charge is 2.63. The number of rotatable bonds is 6. The maximum Gasteiger partial charge on any atom is 0.196 e. The molecule has 1 N–H and O–H groups in total. The van der Waals surface area contributed by atoms with Gasteiger partial charge in [-0.2, -0.15) is 0 Å². The summed E-state index contributed by atoms with van der Waals surface area (Å²) in [6.45, 7) is 7.62. The lowest BCUT2D eigenvalue weighted by Crippen LogP contribution is -2.20. The van der Waals surface area contributed by atoms with Crippen LogP contribution in [0.1, 0.15) is 51.0 Å². The van der Waals surface area contributed by atoms with Gasteiger partial charge in [-0.05, 0) is 65.5 Å². The van der Waals surface area contributed by atoms with E-state index >= 15 is 0 Å². The van der Waals surface area contributed by atoms with Crippen LogP contribution >= 0.6 is 11.3 Å². The van der Waals surface area contributed by atoms with E-state index in [1.807, 2.05) is 42.3 Å². The van der Waals surface area contributed by atoms with Crippen LogP contribution in [-0.2, 0) is 6.42 Å². The van der Waals surface area contributed by atoms with Crippen molar-refractivity contribution in [2.24, 2.45) is 11.3 Å². The Kier molecular flexibility index (Phi) is 4.52. The molecule has 27 heavy (non-hydrogen) atoms. The number of hydrogen-bond acceptors (Lipinski definition) is 4. The number of thiophene rings is 1. The third-order valence-electron chi connectivity index (χ3n) is 6.44. The normalized spacial score (nSPS) is 22.0. The molecule has 0 amide bonds. The van der Waals surface area contributed by atoms with Crippen LogP contribution in [0, 0.1) is 18.3 Å². The summed E-state index contributed by atoms with van der Waals surface area (Å²) in [4.78, 5) is 17.1. The van der Waals surface area contributed by atoms with Crippen molar-refractivity contribution in [3.05, 3.63) is 56.8 Å². The van der Waals surface area contributed by atoms with Gasteiger partial charge in [0.15, 0.2) is 5.78 Å². The molecule has 2 aliphatic carbocycles. The molecule has 0 spiro atoms. The molecule has 2 aromatic rings. The van der Waals surface area contributed by atoms with Gasteiger partial charge in [0.25, 0.3) is 0 Å². The molecular formula is C23H27NO2S. The van der Waals surface area contributed by atoms with Gasteiger partial charge in [0.05, 0.1) is 11.5 Å². The minimum Gasteiger partial charge on any atom is -0.395 e. The van der Waals surface area contributed by atoms with Crippen molar-refractivity contribution in [1.82, 2.24) is 0 Å². The second-order valence-electron chi connectivity index (χ2n) is 8.42. The fourth-order valence-corrected chi connectivity index (χ4v) is 5.85. The summed E-state index contributed by atoms with van der Waals surface area (Å²) >= 11 is 1.67. The van der Waals surface area contributed by atoms with Crippen molar-refractivity contribution >= 4 is 28.9 Å². The van der Waals surface area contributed by atoms with Crippen molar-refractivity contribution in [3.8, 4) is 0 Å². The quantitative estimate of drug-likeness (QED) is 0.584. The molecule has 1 fully saturated rings. The zero-order valence-corrected chi connectivity index (χ0v) is 17.3. The molecule has 0 unspecified atom stereocenters. The summed E-state index contributed by atoms with van der Waals surface area (Å²) in [5.74, 6) is 1.52. The molecule has 1 aromatic carbocycles. The van der Waals surface area contributed by atoms with Gasteiger partial charge in [0, 0.05) is 24.2 Å². The van der Waals surface area contributed by atoms with Crippen LogP contribution in [-0.4, -0.2) is 31.1 Å². The van der Waals surface area contributed by atoms with Gasteiger partial charge in [0.1, 0.15) is 0 Å². The number of hydrogen-bond donors (Lipinski definition) is 1. The summed E-state index contributed by atoms with van der Waals surface area (Å²) in [5.41, 5.74) is 5.28. The average Bonchev–Trinajstić information content (AvgIpc) is 2.97. The Morgan fingerprint density at radius 3 is 2.70 bits per heavy atom. The highest BCUT2D eigenvalue weighted by Crippen LogP contribution is 2.71. The van der Waals surface area contributed by atoms with Gasteiger partial charge in [-0.25, -0.2) is 0 Å². The summed E-state index contributed by atoms with van der Waals surface area (Å²) < 4.78 is 0. The van der Waals surface area contributed by atoms with Crippen molar-refractivity contribution in [2.45, 2.75) is 33.1 Å². The Labute approximate surface area is 165 Å². The van der Waals surface area contributed by atoms with Crippen LogP contribution in [0.5, 0.6) is 0 Å². The molecular weight excluding hydrogens is 354 g/mol. The number of benzene rings is 1. The van der Waals surface area contributed by atoms with Crippen molar-refractivity contribution in [3.63, 3.8) is 0 Å². The van der Waals surface area contributed by atoms with Gasteiger partial charge >= 0.3 is 0 Å². The van der Waals surface area contributed by atoms with Crippen LogP contribution in [0.4, 0.5) is 5.69 Å². The highest BCUT2D eigenvalue weighted by molar-refractivity contribution is 7.14. The van der Waals surface area contributed by atoms with Gasteiger partial charge in [-0.3, -0.25) is 4.79 Å². The lowest BCUT2D eigenvalue weighted by Gasteiger charge is -2.17.